The number of carbonyl (C=O) groups excluding carboxylic acids is 1. The van der Waals surface area contributed by atoms with Gasteiger partial charge in [0.15, 0.2) is 11.5 Å². The molecule has 4 aromatic rings. The zero-order chi connectivity index (χ0) is 21.3. The van der Waals surface area contributed by atoms with Gasteiger partial charge in [-0.3, -0.25) is 14.2 Å². The quantitative estimate of drug-likeness (QED) is 0.457. The first-order valence-corrected chi connectivity index (χ1v) is 10.9. The maximum Gasteiger partial charge on any atom is 0.263 e. The first-order chi connectivity index (χ1) is 14.5. The number of methoxy groups -OCH3 is 2. The Balaban J connectivity index is 1.62. The highest BCUT2D eigenvalue weighted by Gasteiger charge is 2.17. The molecule has 0 saturated heterocycles. The van der Waals surface area contributed by atoms with Crippen molar-refractivity contribution in [1.29, 1.82) is 0 Å². The fourth-order valence-electron chi connectivity index (χ4n) is 2.99. The zero-order valence-corrected chi connectivity index (χ0v) is 18.4. The van der Waals surface area contributed by atoms with Crippen LogP contribution in [0.2, 0.25) is 5.02 Å². The molecule has 0 unspecified atom stereocenters. The van der Waals surface area contributed by atoms with E-state index >= 15 is 0 Å². The number of amides is 1. The topological polar surface area (TPSA) is 82.5 Å². The molecule has 0 aliphatic carbocycles. The lowest BCUT2D eigenvalue weighted by molar-refractivity contribution is -0.116. The molecule has 1 amide bonds. The Morgan fingerprint density at radius 1 is 1.23 bits per heavy atom. The van der Waals surface area contributed by atoms with Crippen LogP contribution in [-0.2, 0) is 11.3 Å². The van der Waals surface area contributed by atoms with Gasteiger partial charge in [-0.05, 0) is 11.4 Å². The Hall–Kier alpha value is -2.88. The van der Waals surface area contributed by atoms with Crippen LogP contribution in [0.1, 0.15) is 0 Å². The molecule has 1 N–H and O–H groups in total. The van der Waals surface area contributed by atoms with Gasteiger partial charge in [0.05, 0.1) is 36.6 Å². The lowest BCUT2D eigenvalue weighted by atomic mass is 10.2. The maximum absolute atomic E-state index is 13.0. The third-order valence-corrected chi connectivity index (χ3v) is 6.51. The Labute approximate surface area is 184 Å². The van der Waals surface area contributed by atoms with E-state index in [-0.39, 0.29) is 12.1 Å². The van der Waals surface area contributed by atoms with Crippen LogP contribution in [0.3, 0.4) is 0 Å². The number of thiophene rings is 2. The molecule has 0 aliphatic rings. The fourth-order valence-corrected chi connectivity index (χ4v) is 4.91. The highest BCUT2D eigenvalue weighted by Crippen LogP contribution is 2.36. The van der Waals surface area contributed by atoms with Gasteiger partial charge in [-0.1, -0.05) is 17.7 Å². The maximum atomic E-state index is 13.0. The molecule has 0 radical (unpaired) electrons. The fraction of sp³-hybridized carbons (Fsp3) is 0.150. The molecular weight excluding hydrogens is 446 g/mol. The summed E-state index contributed by atoms with van der Waals surface area (Å²) in [6.07, 6.45) is 1.38. The van der Waals surface area contributed by atoms with E-state index in [2.05, 4.69) is 10.3 Å². The molecule has 10 heteroatoms. The van der Waals surface area contributed by atoms with Crippen LogP contribution in [0.5, 0.6) is 11.5 Å². The highest BCUT2D eigenvalue weighted by atomic mass is 35.5. The number of benzene rings is 1. The second-order valence-electron chi connectivity index (χ2n) is 6.22. The minimum atomic E-state index is -0.416. The molecule has 30 heavy (non-hydrogen) atoms. The summed E-state index contributed by atoms with van der Waals surface area (Å²) in [7, 11) is 2.99. The predicted molar refractivity (Wildman–Crippen MR) is 120 cm³/mol. The second-order valence-corrected chi connectivity index (χ2v) is 8.43. The standard InChI is InChI=1S/C20H16ClN3O4S2/c1-27-14-6-12(21)13(7-15(14)28-2)23-17(25)8-24-10-22-19-18(20(24)26)11(9-30-19)16-4-3-5-29-16/h3-7,9-10H,8H2,1-2H3,(H,23,25). The normalized spacial score (nSPS) is 10.9. The molecule has 0 saturated carbocycles. The largest absolute Gasteiger partial charge is 0.493 e. The summed E-state index contributed by atoms with van der Waals surface area (Å²) < 4.78 is 11.7. The monoisotopic (exact) mass is 461 g/mol. The van der Waals surface area contributed by atoms with Crippen LogP contribution in [0, 0.1) is 0 Å². The van der Waals surface area contributed by atoms with Crippen molar-refractivity contribution in [3.05, 3.63) is 56.7 Å². The Kier molecular flexibility index (Phi) is 5.76. The highest BCUT2D eigenvalue weighted by molar-refractivity contribution is 7.18. The van der Waals surface area contributed by atoms with Gasteiger partial charge in [0, 0.05) is 28.0 Å². The second kappa shape index (κ2) is 8.47. The van der Waals surface area contributed by atoms with Gasteiger partial charge in [-0.2, -0.15) is 0 Å². The van der Waals surface area contributed by atoms with Crippen LogP contribution in [0.15, 0.2) is 46.1 Å². The van der Waals surface area contributed by atoms with Gasteiger partial charge < -0.3 is 14.8 Å². The Morgan fingerprint density at radius 3 is 2.70 bits per heavy atom. The Bertz CT molecular complexity index is 1280. The molecular formula is C20H16ClN3O4S2. The van der Waals surface area contributed by atoms with Crippen LogP contribution >= 0.6 is 34.3 Å². The first kappa shape index (κ1) is 20.4. The van der Waals surface area contributed by atoms with Gasteiger partial charge in [-0.15, -0.1) is 22.7 Å². The number of nitrogens with one attached hydrogen (secondary N) is 1. The van der Waals surface area contributed by atoms with Crippen molar-refractivity contribution in [2.45, 2.75) is 6.54 Å². The van der Waals surface area contributed by atoms with Crippen LogP contribution in [-0.4, -0.2) is 29.7 Å². The molecule has 1 aromatic carbocycles. The molecule has 0 bridgehead atoms. The summed E-state index contributed by atoms with van der Waals surface area (Å²) in [5.74, 6) is 0.460. The lowest BCUT2D eigenvalue weighted by Crippen LogP contribution is -2.27. The Morgan fingerprint density at radius 2 is 2.00 bits per heavy atom. The van der Waals surface area contributed by atoms with Crippen molar-refractivity contribution in [2.75, 3.05) is 19.5 Å². The summed E-state index contributed by atoms with van der Waals surface area (Å²) in [4.78, 5) is 31.6. The van der Waals surface area contributed by atoms with Crippen molar-refractivity contribution >= 4 is 56.1 Å². The van der Waals surface area contributed by atoms with Crippen molar-refractivity contribution in [3.63, 3.8) is 0 Å². The van der Waals surface area contributed by atoms with E-state index in [0.29, 0.717) is 32.4 Å². The number of rotatable bonds is 6. The SMILES string of the molecule is COc1cc(Cl)c(NC(=O)Cn2cnc3scc(-c4cccs4)c3c2=O)cc1OC. The minimum Gasteiger partial charge on any atom is -0.493 e. The zero-order valence-electron chi connectivity index (χ0n) is 16.0. The van der Waals surface area contributed by atoms with Crippen molar-refractivity contribution in [1.82, 2.24) is 9.55 Å². The van der Waals surface area contributed by atoms with Crippen molar-refractivity contribution < 1.29 is 14.3 Å². The number of halogens is 1. The summed E-state index contributed by atoms with van der Waals surface area (Å²) in [5.41, 5.74) is 0.926. The van der Waals surface area contributed by atoms with Crippen LogP contribution in [0.25, 0.3) is 20.7 Å². The van der Waals surface area contributed by atoms with Gasteiger partial charge in [0.25, 0.3) is 5.56 Å². The molecule has 3 aromatic heterocycles. The lowest BCUT2D eigenvalue weighted by Gasteiger charge is -2.13. The number of fused-ring (bicyclic) bond motifs is 1. The van der Waals surface area contributed by atoms with E-state index in [9.17, 15) is 9.59 Å². The number of anilines is 1. The van der Waals surface area contributed by atoms with Crippen LogP contribution < -0.4 is 20.3 Å². The number of carbonyl (C=O) groups is 1. The number of nitrogens with zero attached hydrogens (tertiary/aromatic N) is 2. The predicted octanol–water partition coefficient (Wildman–Crippen LogP) is 4.50. The van der Waals surface area contributed by atoms with E-state index in [1.165, 1.54) is 36.5 Å². The van der Waals surface area contributed by atoms with Gasteiger partial charge in [0.1, 0.15) is 11.4 Å². The average Bonchev–Trinajstić information content (AvgIpc) is 3.41. The number of hydrogen-bond acceptors (Lipinski definition) is 7. The molecule has 0 atom stereocenters. The smallest absolute Gasteiger partial charge is 0.263 e. The third-order valence-electron chi connectivity index (χ3n) is 4.41. The van der Waals surface area contributed by atoms with Crippen molar-refractivity contribution in [2.24, 2.45) is 0 Å². The summed E-state index contributed by atoms with van der Waals surface area (Å²) in [5, 5.41) is 7.38. The van der Waals surface area contributed by atoms with Gasteiger partial charge in [-0.25, -0.2) is 4.98 Å². The van der Waals surface area contributed by atoms with E-state index in [1.807, 2.05) is 22.9 Å². The van der Waals surface area contributed by atoms with Crippen LogP contribution in [0.4, 0.5) is 5.69 Å². The molecule has 0 aliphatic heterocycles. The van der Waals surface area contributed by atoms with Crippen molar-refractivity contribution in [3.8, 4) is 21.9 Å². The molecule has 7 nitrogen and oxygen atoms in total. The summed E-state index contributed by atoms with van der Waals surface area (Å²) >= 11 is 9.18. The average molecular weight is 462 g/mol. The first-order valence-electron chi connectivity index (χ1n) is 8.73. The van der Waals surface area contributed by atoms with Gasteiger partial charge in [0.2, 0.25) is 5.91 Å². The third kappa shape index (κ3) is 3.79. The number of hydrogen-bond donors (Lipinski definition) is 1. The summed E-state index contributed by atoms with van der Waals surface area (Å²) in [6.45, 7) is -0.202. The van der Waals surface area contributed by atoms with E-state index in [4.69, 9.17) is 21.1 Å². The van der Waals surface area contributed by atoms with Gasteiger partial charge >= 0.3 is 0 Å². The molecule has 4 rings (SSSR count). The van der Waals surface area contributed by atoms with E-state index in [1.54, 1.807) is 23.5 Å². The minimum absolute atomic E-state index is 0.202. The number of aromatic nitrogens is 2. The molecule has 3 heterocycles. The molecule has 0 spiro atoms. The molecule has 0 fully saturated rings. The molecule has 154 valence electrons. The summed E-state index contributed by atoms with van der Waals surface area (Å²) in [6, 6.07) is 7.00. The van der Waals surface area contributed by atoms with E-state index < -0.39 is 5.91 Å². The number of ether oxygens (including phenoxy) is 2. The van der Waals surface area contributed by atoms with E-state index in [0.717, 1.165) is 10.4 Å².